The van der Waals surface area contributed by atoms with Crippen LogP contribution in [0.2, 0.25) is 0 Å². The third kappa shape index (κ3) is 2.96. The fourth-order valence-electron chi connectivity index (χ4n) is 3.75. The Balaban J connectivity index is 1.40. The van der Waals surface area contributed by atoms with Gasteiger partial charge in [-0.25, -0.2) is 4.98 Å². The van der Waals surface area contributed by atoms with Crippen LogP contribution in [0.3, 0.4) is 0 Å². The number of aromatic nitrogens is 3. The fraction of sp³-hybridized carbons (Fsp3) is 0.647. The highest BCUT2D eigenvalue weighted by Gasteiger charge is 2.44. The van der Waals surface area contributed by atoms with E-state index in [0.29, 0.717) is 12.1 Å². The lowest BCUT2D eigenvalue weighted by Crippen LogP contribution is -2.50. The number of aryl methyl sites for hydroxylation is 2. The van der Waals surface area contributed by atoms with E-state index >= 15 is 0 Å². The van der Waals surface area contributed by atoms with Crippen LogP contribution in [-0.4, -0.2) is 43.5 Å². The molecule has 6 nitrogen and oxygen atoms in total. The van der Waals surface area contributed by atoms with E-state index in [1.165, 1.54) is 9.88 Å². The van der Waals surface area contributed by atoms with Crippen LogP contribution < -0.4 is 4.74 Å². The van der Waals surface area contributed by atoms with Crippen molar-refractivity contribution in [3.05, 3.63) is 28.0 Å². The minimum atomic E-state index is -0.518. The number of rotatable bonds is 3. The summed E-state index contributed by atoms with van der Waals surface area (Å²) in [5.41, 5.74) is 0.441. The molecule has 2 aliphatic heterocycles. The van der Waals surface area contributed by atoms with Crippen molar-refractivity contribution < 1.29 is 9.84 Å². The highest BCUT2D eigenvalue weighted by molar-refractivity contribution is 7.11. The molecule has 2 aromatic rings. The van der Waals surface area contributed by atoms with Gasteiger partial charge in [-0.3, -0.25) is 9.58 Å². The van der Waals surface area contributed by atoms with E-state index in [-0.39, 0.29) is 5.60 Å². The molecule has 0 aliphatic carbocycles. The van der Waals surface area contributed by atoms with Gasteiger partial charge in [0.1, 0.15) is 17.4 Å². The average Bonchev–Trinajstić information content (AvgIpc) is 3.16. The Kier molecular flexibility index (Phi) is 4.10. The first kappa shape index (κ1) is 16.1. The topological polar surface area (TPSA) is 63.4 Å². The SMILES string of the molecule is CCc1ncc(CN2CCC3(CC2)CC(O)c2nn(C)cc2O3)s1. The molecule has 1 saturated heterocycles. The third-order valence-electron chi connectivity index (χ3n) is 5.08. The van der Waals surface area contributed by atoms with Gasteiger partial charge in [0.05, 0.1) is 11.2 Å². The number of hydrogen-bond acceptors (Lipinski definition) is 6. The van der Waals surface area contributed by atoms with Crippen LogP contribution in [0.5, 0.6) is 5.75 Å². The monoisotopic (exact) mass is 348 g/mol. The maximum absolute atomic E-state index is 10.4. The lowest BCUT2D eigenvalue weighted by atomic mass is 9.83. The zero-order valence-corrected chi connectivity index (χ0v) is 15.1. The van der Waals surface area contributed by atoms with Crippen LogP contribution >= 0.6 is 11.3 Å². The van der Waals surface area contributed by atoms with Crippen molar-refractivity contribution >= 4 is 11.3 Å². The van der Waals surface area contributed by atoms with Gasteiger partial charge in [-0.2, -0.15) is 5.10 Å². The quantitative estimate of drug-likeness (QED) is 0.922. The zero-order valence-electron chi connectivity index (χ0n) is 14.2. The lowest BCUT2D eigenvalue weighted by molar-refractivity contribution is -0.0558. The molecule has 1 atom stereocenters. The molecule has 7 heteroatoms. The minimum Gasteiger partial charge on any atom is -0.483 e. The summed E-state index contributed by atoms with van der Waals surface area (Å²) in [5, 5.41) is 16.0. The smallest absolute Gasteiger partial charge is 0.163 e. The minimum absolute atomic E-state index is 0.242. The van der Waals surface area contributed by atoms with Crippen molar-refractivity contribution in [2.75, 3.05) is 13.1 Å². The lowest BCUT2D eigenvalue weighted by Gasteiger charge is -2.44. The van der Waals surface area contributed by atoms with Crippen LogP contribution in [0.1, 0.15) is 47.9 Å². The molecule has 2 aromatic heterocycles. The summed E-state index contributed by atoms with van der Waals surface area (Å²) >= 11 is 1.81. The van der Waals surface area contributed by atoms with Crippen LogP contribution in [0, 0.1) is 0 Å². The number of piperidine rings is 1. The standard InChI is InChI=1S/C17H24N4O2S/c1-3-15-18-9-12(24-15)10-21-6-4-17(5-7-21)8-13(22)16-14(23-17)11-20(2)19-16/h9,11,13,22H,3-8,10H2,1-2H3. The Hall–Kier alpha value is -1.44. The Morgan fingerprint density at radius 2 is 2.21 bits per heavy atom. The van der Waals surface area contributed by atoms with Gasteiger partial charge >= 0.3 is 0 Å². The van der Waals surface area contributed by atoms with Gasteiger partial charge in [-0.1, -0.05) is 6.92 Å². The zero-order chi connectivity index (χ0) is 16.7. The molecule has 0 saturated carbocycles. The van der Waals surface area contributed by atoms with E-state index in [4.69, 9.17) is 4.74 Å². The molecule has 4 heterocycles. The highest BCUT2D eigenvalue weighted by atomic mass is 32.1. The Bertz CT molecular complexity index is 718. The number of thiazole rings is 1. The normalized spacial score (nSPS) is 23.2. The van der Waals surface area contributed by atoms with E-state index in [1.807, 2.05) is 30.8 Å². The summed E-state index contributed by atoms with van der Waals surface area (Å²) in [6, 6.07) is 0. The Labute approximate surface area is 146 Å². The molecule has 0 aromatic carbocycles. The first-order chi connectivity index (χ1) is 11.6. The maximum Gasteiger partial charge on any atom is 0.163 e. The van der Waals surface area contributed by atoms with Gasteiger partial charge in [0.15, 0.2) is 5.75 Å². The number of likely N-dealkylation sites (tertiary alicyclic amines) is 1. The summed E-state index contributed by atoms with van der Waals surface area (Å²) in [6.45, 7) is 5.09. The number of fused-ring (bicyclic) bond motifs is 1. The van der Waals surface area contributed by atoms with E-state index in [2.05, 4.69) is 21.9 Å². The molecule has 130 valence electrons. The van der Waals surface area contributed by atoms with Crippen LogP contribution in [0.15, 0.2) is 12.4 Å². The molecule has 0 radical (unpaired) electrons. The second-order valence-electron chi connectivity index (χ2n) is 6.91. The predicted octanol–water partition coefficient (Wildman–Crippen LogP) is 2.29. The summed E-state index contributed by atoms with van der Waals surface area (Å²) < 4.78 is 8.01. The van der Waals surface area contributed by atoms with Gasteiger partial charge in [0.25, 0.3) is 0 Å². The van der Waals surface area contributed by atoms with Gasteiger partial charge in [0.2, 0.25) is 0 Å². The van der Waals surface area contributed by atoms with Crippen molar-refractivity contribution in [2.45, 2.75) is 50.9 Å². The van der Waals surface area contributed by atoms with Crippen molar-refractivity contribution in [3.63, 3.8) is 0 Å². The number of hydrogen-bond donors (Lipinski definition) is 1. The van der Waals surface area contributed by atoms with E-state index in [0.717, 1.165) is 44.6 Å². The van der Waals surface area contributed by atoms with Crippen molar-refractivity contribution in [2.24, 2.45) is 7.05 Å². The van der Waals surface area contributed by atoms with Gasteiger partial charge < -0.3 is 9.84 Å². The van der Waals surface area contributed by atoms with E-state index < -0.39 is 6.10 Å². The van der Waals surface area contributed by atoms with Crippen molar-refractivity contribution in [1.82, 2.24) is 19.7 Å². The summed E-state index contributed by atoms with van der Waals surface area (Å²) in [5.74, 6) is 0.750. The Morgan fingerprint density at radius 3 is 2.92 bits per heavy atom. The third-order valence-corrected chi connectivity index (χ3v) is 6.21. The highest BCUT2D eigenvalue weighted by Crippen LogP contribution is 2.43. The van der Waals surface area contributed by atoms with Gasteiger partial charge in [-0.05, 0) is 19.3 Å². The van der Waals surface area contributed by atoms with E-state index in [1.54, 1.807) is 4.68 Å². The second kappa shape index (κ2) is 6.13. The first-order valence-corrected chi connectivity index (χ1v) is 9.45. The second-order valence-corrected chi connectivity index (χ2v) is 8.11. The van der Waals surface area contributed by atoms with Crippen LogP contribution in [-0.2, 0) is 20.0 Å². The van der Waals surface area contributed by atoms with Crippen molar-refractivity contribution in [3.8, 4) is 5.75 Å². The van der Waals surface area contributed by atoms with Crippen LogP contribution in [0.4, 0.5) is 0 Å². The molecule has 1 fully saturated rings. The molecule has 1 N–H and O–H groups in total. The molecule has 4 rings (SSSR count). The molecular formula is C17H24N4O2S. The summed E-state index contributed by atoms with van der Waals surface area (Å²) in [4.78, 5) is 8.25. The molecule has 1 spiro atoms. The molecule has 0 amide bonds. The molecule has 0 bridgehead atoms. The predicted molar refractivity (Wildman–Crippen MR) is 92.1 cm³/mol. The number of nitrogens with zero attached hydrogens (tertiary/aromatic N) is 4. The number of ether oxygens (including phenoxy) is 1. The van der Waals surface area contributed by atoms with Gasteiger partial charge in [-0.15, -0.1) is 11.3 Å². The van der Waals surface area contributed by atoms with Crippen molar-refractivity contribution in [1.29, 1.82) is 0 Å². The summed E-state index contributed by atoms with van der Waals surface area (Å²) in [7, 11) is 1.86. The van der Waals surface area contributed by atoms with E-state index in [9.17, 15) is 5.11 Å². The van der Waals surface area contributed by atoms with Gasteiger partial charge in [0, 0.05) is 44.2 Å². The molecular weight excluding hydrogens is 324 g/mol. The van der Waals surface area contributed by atoms with Crippen LogP contribution in [0.25, 0.3) is 0 Å². The maximum atomic E-state index is 10.4. The molecule has 24 heavy (non-hydrogen) atoms. The molecule has 2 aliphatic rings. The first-order valence-electron chi connectivity index (χ1n) is 8.63. The molecule has 1 unspecified atom stereocenters. The average molecular weight is 348 g/mol. The number of aliphatic hydroxyl groups is 1. The Morgan fingerprint density at radius 1 is 1.42 bits per heavy atom. The largest absolute Gasteiger partial charge is 0.483 e. The fourth-order valence-corrected chi connectivity index (χ4v) is 4.65. The number of aliphatic hydroxyl groups excluding tert-OH is 1. The summed E-state index contributed by atoms with van der Waals surface area (Å²) in [6.07, 6.45) is 6.90.